The van der Waals surface area contributed by atoms with Crippen LogP contribution in [0, 0.1) is 5.92 Å². The molecule has 0 amide bonds. The van der Waals surface area contributed by atoms with Gasteiger partial charge in [0, 0.05) is 29.9 Å². The molecular weight excluding hydrogens is 528 g/mol. The maximum atomic E-state index is 9.33. The second-order valence-electron chi connectivity index (χ2n) is 11.3. The number of halogens is 1. The molecule has 190 valence electrons. The lowest BCUT2D eigenvalue weighted by Gasteiger charge is -2.43. The number of fused-ring (bicyclic) bond motifs is 1. The fourth-order valence-corrected chi connectivity index (χ4v) is 10.7. The van der Waals surface area contributed by atoms with Crippen molar-refractivity contribution in [1.29, 1.82) is 0 Å². The van der Waals surface area contributed by atoms with Crippen molar-refractivity contribution in [3.63, 3.8) is 0 Å². The predicted octanol–water partition coefficient (Wildman–Crippen LogP) is 6.20. The lowest BCUT2D eigenvalue weighted by Crippen LogP contribution is -2.67. The van der Waals surface area contributed by atoms with Crippen LogP contribution in [0.15, 0.2) is 88.5 Å². The minimum atomic E-state index is -2.57. The molecule has 0 saturated carbocycles. The Balaban J connectivity index is 1.62. The Morgan fingerprint density at radius 2 is 1.64 bits per heavy atom. The summed E-state index contributed by atoms with van der Waals surface area (Å²) in [6.07, 6.45) is 1.66. The summed E-state index contributed by atoms with van der Waals surface area (Å²) in [5.74, 6) is 0.298. The van der Waals surface area contributed by atoms with Crippen molar-refractivity contribution in [3.05, 3.63) is 88.9 Å². The van der Waals surface area contributed by atoms with Crippen molar-refractivity contribution >= 4 is 46.5 Å². The van der Waals surface area contributed by atoms with Gasteiger partial charge in [-0.2, -0.15) is 0 Å². The molecule has 2 atom stereocenters. The van der Waals surface area contributed by atoms with Crippen molar-refractivity contribution in [2.45, 2.75) is 45.1 Å². The molecule has 1 aliphatic rings. The van der Waals surface area contributed by atoms with E-state index in [9.17, 15) is 5.21 Å². The van der Waals surface area contributed by atoms with Gasteiger partial charge in [0.2, 0.25) is 0 Å². The van der Waals surface area contributed by atoms with E-state index in [2.05, 4.69) is 139 Å². The summed E-state index contributed by atoms with van der Waals surface area (Å²) in [7, 11) is -2.57. The van der Waals surface area contributed by atoms with Gasteiger partial charge in [0.25, 0.3) is 8.32 Å². The first kappa shape index (κ1) is 26.6. The molecule has 0 spiro atoms. The maximum Gasteiger partial charge on any atom is 0.261 e. The second kappa shape index (κ2) is 10.5. The fourth-order valence-electron chi connectivity index (χ4n) is 5.67. The molecule has 3 aromatic rings. The van der Waals surface area contributed by atoms with Gasteiger partial charge in [0.1, 0.15) is 0 Å². The fraction of sp³-hybridized carbons (Fsp3) is 0.367. The van der Waals surface area contributed by atoms with Gasteiger partial charge in [0.05, 0.1) is 11.6 Å². The zero-order valence-corrected chi connectivity index (χ0v) is 24.5. The van der Waals surface area contributed by atoms with E-state index in [-0.39, 0.29) is 10.5 Å². The average Bonchev–Trinajstić information content (AvgIpc) is 3.10. The van der Waals surface area contributed by atoms with E-state index in [4.69, 9.17) is 4.43 Å². The highest BCUT2D eigenvalue weighted by Crippen LogP contribution is 2.42. The third-order valence-electron chi connectivity index (χ3n) is 7.31. The monoisotopic (exact) mass is 564 g/mol. The third kappa shape index (κ3) is 5.04. The van der Waals surface area contributed by atoms with Gasteiger partial charge in [0.15, 0.2) is 0 Å². The molecule has 1 aliphatic heterocycles. The minimum Gasteiger partial charge on any atom is -0.411 e. The second-order valence-corrected chi connectivity index (χ2v) is 16.5. The van der Waals surface area contributed by atoms with Crippen LogP contribution in [0.5, 0.6) is 0 Å². The van der Waals surface area contributed by atoms with Crippen LogP contribution >= 0.6 is 15.9 Å². The van der Waals surface area contributed by atoms with Crippen molar-refractivity contribution in [2.75, 3.05) is 24.6 Å². The molecule has 0 aromatic heterocycles. The molecule has 0 bridgehead atoms. The van der Waals surface area contributed by atoms with Crippen molar-refractivity contribution < 1.29 is 9.63 Å². The molecule has 6 heteroatoms. The topological polar surface area (TPSA) is 45.1 Å². The van der Waals surface area contributed by atoms with E-state index in [1.165, 1.54) is 21.6 Å². The summed E-state index contributed by atoms with van der Waals surface area (Å²) in [6.45, 7) is 13.6. The van der Waals surface area contributed by atoms with Gasteiger partial charge in [-0.05, 0) is 45.9 Å². The van der Waals surface area contributed by atoms with Crippen LogP contribution in [-0.4, -0.2) is 39.4 Å². The molecular formula is C30H37BrN2O2Si. The molecule has 4 nitrogen and oxygen atoms in total. The average molecular weight is 566 g/mol. The van der Waals surface area contributed by atoms with Crippen molar-refractivity contribution in [3.8, 4) is 0 Å². The molecule has 4 rings (SSSR count). The molecule has 0 radical (unpaired) electrons. The Kier molecular flexibility index (Phi) is 7.79. The van der Waals surface area contributed by atoms with Gasteiger partial charge < -0.3 is 14.5 Å². The Bertz CT molecular complexity index is 1160. The first-order valence-electron chi connectivity index (χ1n) is 12.6. The highest BCUT2D eigenvalue weighted by molar-refractivity contribution is 9.10. The van der Waals surface area contributed by atoms with E-state index < -0.39 is 8.32 Å². The van der Waals surface area contributed by atoms with Crippen LogP contribution in [0.1, 0.15) is 40.2 Å². The number of hydrogen-bond donors (Lipinski definition) is 1. The number of benzene rings is 3. The lowest BCUT2D eigenvalue weighted by atomic mass is 9.86. The zero-order valence-electron chi connectivity index (χ0n) is 21.9. The summed E-state index contributed by atoms with van der Waals surface area (Å²) < 4.78 is 8.23. The summed E-state index contributed by atoms with van der Waals surface area (Å²) in [5, 5.41) is 15.3. The van der Waals surface area contributed by atoms with Crippen LogP contribution < -0.4 is 15.3 Å². The first-order chi connectivity index (χ1) is 17.1. The van der Waals surface area contributed by atoms with Crippen molar-refractivity contribution in [2.24, 2.45) is 11.1 Å². The summed E-state index contributed by atoms with van der Waals surface area (Å²) in [5.41, 5.74) is 2.04. The standard InChI is InChI=1S/C30H37BrN2O2Si/c1-23(19-33-22-30(5,21-32-34)27-17-16-24(31)18-28(27)33)20-35-36(29(2,3)4,25-12-8-6-9-13-25)26-14-10-7-11-15-26/h6-18,21,23,34H,19-20,22H2,1-5H3/t23-,30?/m0/s1. The SMILES string of the molecule is C[C@H](CO[Si](c1ccccc1)(c1ccccc1)C(C)(C)C)CN1CC(C)(C=NO)c2ccc(Br)cc21. The van der Waals surface area contributed by atoms with Gasteiger partial charge in [-0.1, -0.05) is 110 Å². The Hall–Kier alpha value is -2.41. The molecule has 0 aliphatic carbocycles. The largest absolute Gasteiger partial charge is 0.411 e. The van der Waals surface area contributed by atoms with E-state index in [1.807, 2.05) is 0 Å². The minimum absolute atomic E-state index is 0.0449. The summed E-state index contributed by atoms with van der Waals surface area (Å²) in [6, 6.07) is 28.0. The number of nitrogens with zero attached hydrogens (tertiary/aromatic N) is 2. The maximum absolute atomic E-state index is 9.33. The highest BCUT2D eigenvalue weighted by atomic mass is 79.9. The molecule has 1 unspecified atom stereocenters. The van der Waals surface area contributed by atoms with E-state index in [0.717, 1.165) is 17.6 Å². The van der Waals surface area contributed by atoms with Crippen LogP contribution in [0.25, 0.3) is 0 Å². The van der Waals surface area contributed by atoms with E-state index in [1.54, 1.807) is 6.21 Å². The number of rotatable bonds is 8. The molecule has 3 aromatic carbocycles. The Morgan fingerprint density at radius 3 is 2.17 bits per heavy atom. The quantitative estimate of drug-likeness (QED) is 0.153. The van der Waals surface area contributed by atoms with Crippen LogP contribution in [0.2, 0.25) is 5.04 Å². The number of oxime groups is 1. The normalized spacial score (nSPS) is 19.0. The molecule has 0 saturated heterocycles. The zero-order chi connectivity index (χ0) is 26.0. The Labute approximate surface area is 225 Å². The molecule has 1 heterocycles. The highest BCUT2D eigenvalue weighted by Gasteiger charge is 2.50. The smallest absolute Gasteiger partial charge is 0.261 e. The molecule has 0 fully saturated rings. The lowest BCUT2D eigenvalue weighted by molar-refractivity contribution is 0.246. The van der Waals surface area contributed by atoms with Crippen molar-refractivity contribution in [1.82, 2.24) is 0 Å². The molecule has 1 N–H and O–H groups in total. The Morgan fingerprint density at radius 1 is 1.06 bits per heavy atom. The third-order valence-corrected chi connectivity index (χ3v) is 12.8. The molecule has 36 heavy (non-hydrogen) atoms. The van der Waals surface area contributed by atoms with Gasteiger partial charge >= 0.3 is 0 Å². The van der Waals surface area contributed by atoms with Gasteiger partial charge in [-0.25, -0.2) is 0 Å². The number of hydrogen-bond acceptors (Lipinski definition) is 4. The van der Waals surface area contributed by atoms with E-state index >= 15 is 0 Å². The van der Waals surface area contributed by atoms with Crippen LogP contribution in [-0.2, 0) is 9.84 Å². The number of anilines is 1. The first-order valence-corrected chi connectivity index (χ1v) is 15.3. The predicted molar refractivity (Wildman–Crippen MR) is 157 cm³/mol. The van der Waals surface area contributed by atoms with E-state index in [0.29, 0.717) is 12.5 Å². The van der Waals surface area contributed by atoms with Gasteiger partial charge in [-0.15, -0.1) is 5.16 Å². The van der Waals surface area contributed by atoms with Crippen LogP contribution in [0.4, 0.5) is 5.69 Å². The van der Waals surface area contributed by atoms with Crippen LogP contribution in [0.3, 0.4) is 0 Å². The summed E-state index contributed by atoms with van der Waals surface area (Å²) >= 11 is 3.64. The summed E-state index contributed by atoms with van der Waals surface area (Å²) in [4.78, 5) is 2.40. The van der Waals surface area contributed by atoms with Gasteiger partial charge in [-0.3, -0.25) is 0 Å².